The average Bonchev–Trinajstić information content (AvgIpc) is 3.61. The first-order valence-electron chi connectivity index (χ1n) is 16.7. The molecule has 17 nitrogen and oxygen atoms in total. The van der Waals surface area contributed by atoms with Crippen LogP contribution in [0.1, 0.15) is 32.1 Å². The first-order valence-corrected chi connectivity index (χ1v) is 16.7. The molecule has 0 amide bonds. The summed E-state index contributed by atoms with van der Waals surface area (Å²) < 4.78 is 23.1. The van der Waals surface area contributed by atoms with Crippen molar-refractivity contribution in [3.8, 4) is 0 Å². The number of nitrogens with one attached hydrogen (secondary N) is 2. The molecule has 1 aliphatic carbocycles. The van der Waals surface area contributed by atoms with Crippen LogP contribution in [0.2, 0.25) is 0 Å². The van der Waals surface area contributed by atoms with Gasteiger partial charge in [0.05, 0.1) is 42.2 Å². The van der Waals surface area contributed by atoms with Gasteiger partial charge in [0.15, 0.2) is 12.2 Å². The fourth-order valence-corrected chi connectivity index (χ4v) is 6.26. The second kappa shape index (κ2) is 18.5. The second-order valence-electron chi connectivity index (χ2n) is 12.5. The number of aliphatic hydroxyl groups is 6. The van der Waals surface area contributed by atoms with E-state index >= 15 is 0 Å². The Bertz CT molecular complexity index is 1360. The molecule has 278 valence electrons. The molecule has 0 aromatic rings. The molecule has 1 saturated heterocycles. The summed E-state index contributed by atoms with van der Waals surface area (Å²) in [4.78, 5) is 30.8. The lowest BCUT2D eigenvalue weighted by atomic mass is 9.83. The largest absolute Gasteiger partial charge is 0.478 e. The Hall–Kier alpha value is -3.65. The van der Waals surface area contributed by atoms with Gasteiger partial charge in [-0.1, -0.05) is 18.2 Å². The molecule has 0 spiro atoms. The first kappa shape index (κ1) is 39.1. The fourth-order valence-electron chi connectivity index (χ4n) is 6.26. The molecule has 0 bridgehead atoms. The molecular weight excluding hydrogens is 660 g/mol. The van der Waals surface area contributed by atoms with E-state index in [0.29, 0.717) is 29.7 Å². The Labute approximate surface area is 289 Å². The number of rotatable bonds is 15. The Morgan fingerprint density at radius 2 is 1.84 bits per heavy atom. The third-order valence-electron chi connectivity index (χ3n) is 9.00. The van der Waals surface area contributed by atoms with Crippen molar-refractivity contribution in [1.29, 1.82) is 0 Å². The van der Waals surface area contributed by atoms with Crippen molar-refractivity contribution in [3.63, 3.8) is 0 Å². The van der Waals surface area contributed by atoms with E-state index in [2.05, 4.69) is 16.9 Å². The predicted molar refractivity (Wildman–Crippen MR) is 174 cm³/mol. The van der Waals surface area contributed by atoms with E-state index in [1.807, 2.05) is 0 Å². The number of aliphatic imine (C=N–C) groups is 1. The number of quaternary nitrogens is 1. The number of ether oxygens (including phenoxy) is 4. The summed E-state index contributed by atoms with van der Waals surface area (Å²) in [6.07, 6.45) is 1.76. The van der Waals surface area contributed by atoms with Gasteiger partial charge >= 0.3 is 11.9 Å². The molecule has 1 saturated carbocycles. The first-order chi connectivity index (χ1) is 24.0. The smallest absolute Gasteiger partial charge is 0.339 e. The van der Waals surface area contributed by atoms with Gasteiger partial charge in [-0.15, -0.1) is 6.58 Å². The predicted octanol–water partition coefficient (Wildman–Crippen LogP) is -3.10. The third kappa shape index (κ3) is 9.56. The summed E-state index contributed by atoms with van der Waals surface area (Å²) in [6, 6.07) is 0. The number of aliphatic hydroxyl groups excluding tert-OH is 6. The molecule has 50 heavy (non-hydrogen) atoms. The van der Waals surface area contributed by atoms with Crippen LogP contribution in [0.15, 0.2) is 64.7 Å². The Kier molecular flexibility index (Phi) is 14.5. The minimum absolute atomic E-state index is 0.0138. The normalized spacial score (nSPS) is 32.4. The average molecular weight is 710 g/mol. The van der Waals surface area contributed by atoms with Crippen LogP contribution in [-0.4, -0.2) is 136 Å². The van der Waals surface area contributed by atoms with Crippen LogP contribution in [0.25, 0.3) is 0 Å². The number of carboxylic acids is 1. The highest BCUT2D eigenvalue weighted by Gasteiger charge is 2.47. The van der Waals surface area contributed by atoms with Crippen LogP contribution in [0, 0.1) is 11.8 Å². The Morgan fingerprint density at radius 3 is 2.48 bits per heavy atom. The van der Waals surface area contributed by atoms with Crippen molar-refractivity contribution in [2.75, 3.05) is 39.5 Å². The molecule has 4 aliphatic rings. The number of carboxylic acid groups (broad SMARTS) is 1. The van der Waals surface area contributed by atoms with Crippen molar-refractivity contribution in [2.45, 2.75) is 75.2 Å². The van der Waals surface area contributed by atoms with Crippen molar-refractivity contribution in [1.82, 2.24) is 5.32 Å². The van der Waals surface area contributed by atoms with E-state index in [1.54, 1.807) is 18.4 Å². The van der Waals surface area contributed by atoms with Crippen molar-refractivity contribution in [3.05, 3.63) is 59.7 Å². The number of hydrogen-bond donors (Lipinski definition) is 10. The van der Waals surface area contributed by atoms with Crippen molar-refractivity contribution >= 4 is 17.9 Å². The van der Waals surface area contributed by atoms with E-state index < -0.39 is 67.4 Å². The minimum atomic E-state index is -1.72. The topological polar surface area (TPSA) is 268 Å². The summed E-state index contributed by atoms with van der Waals surface area (Å²) in [7, 11) is 0. The number of nitrogens with two attached hydrogens (primary N) is 1. The lowest BCUT2D eigenvalue weighted by Crippen LogP contribution is -3.09. The molecule has 2 fully saturated rings. The number of esters is 1. The monoisotopic (exact) mass is 709 g/mol. The molecule has 0 aromatic carbocycles. The highest BCUT2D eigenvalue weighted by atomic mass is 16.8. The third-order valence-corrected chi connectivity index (χ3v) is 9.00. The van der Waals surface area contributed by atoms with Crippen molar-refractivity contribution < 1.29 is 69.2 Å². The highest BCUT2D eigenvalue weighted by molar-refractivity contribution is 5.92. The van der Waals surface area contributed by atoms with E-state index in [4.69, 9.17) is 29.8 Å². The molecule has 4 rings (SSSR count). The maximum Gasteiger partial charge on any atom is 0.339 e. The molecule has 17 heteroatoms. The van der Waals surface area contributed by atoms with Gasteiger partial charge < -0.3 is 70.6 Å². The van der Waals surface area contributed by atoms with Gasteiger partial charge in [0.1, 0.15) is 55.4 Å². The number of carbonyl (C=O) groups excluding carboxylic acids is 1. The van der Waals surface area contributed by atoms with Gasteiger partial charge in [-0.2, -0.15) is 0 Å². The van der Waals surface area contributed by atoms with Crippen LogP contribution in [-0.2, 0) is 28.5 Å². The maximum atomic E-state index is 13.6. The number of guanidine groups is 1. The highest BCUT2D eigenvalue weighted by Crippen LogP contribution is 2.37. The zero-order valence-corrected chi connectivity index (χ0v) is 27.7. The lowest BCUT2D eigenvalue weighted by Gasteiger charge is -2.42. The second-order valence-corrected chi connectivity index (χ2v) is 12.5. The number of aliphatic carboxylic acids is 1. The number of hydrogen-bond acceptors (Lipinski definition) is 13. The maximum absolute atomic E-state index is 13.6. The van der Waals surface area contributed by atoms with E-state index in [-0.39, 0.29) is 61.8 Å². The summed E-state index contributed by atoms with van der Waals surface area (Å²) in [5.74, 6) is -3.67. The van der Waals surface area contributed by atoms with Crippen LogP contribution < -0.4 is 16.0 Å². The van der Waals surface area contributed by atoms with Crippen LogP contribution in [0.4, 0.5) is 0 Å². The molecule has 11 N–H and O–H groups in total. The number of carbonyl (C=O) groups is 2. The van der Waals surface area contributed by atoms with E-state index in [9.17, 15) is 40.2 Å². The van der Waals surface area contributed by atoms with Crippen LogP contribution in [0.5, 0.6) is 0 Å². The van der Waals surface area contributed by atoms with E-state index in [1.165, 1.54) is 12.3 Å². The number of allylic oxidation sites excluding steroid dienone is 2. The summed E-state index contributed by atoms with van der Waals surface area (Å²) in [5, 5.41) is 72.5. The zero-order valence-electron chi connectivity index (χ0n) is 27.7. The summed E-state index contributed by atoms with van der Waals surface area (Å²) in [6.45, 7) is 3.30. The lowest BCUT2D eigenvalue weighted by molar-refractivity contribution is -0.843. The quantitative estimate of drug-likeness (QED) is 0.0265. The Morgan fingerprint density at radius 1 is 1.10 bits per heavy atom. The zero-order chi connectivity index (χ0) is 36.4. The van der Waals surface area contributed by atoms with Gasteiger partial charge in [-0.25, -0.2) is 9.59 Å². The van der Waals surface area contributed by atoms with Crippen LogP contribution in [0.3, 0.4) is 0 Å². The molecule has 0 radical (unpaired) electrons. The molecule has 0 aromatic heterocycles. The van der Waals surface area contributed by atoms with E-state index in [0.717, 1.165) is 12.8 Å². The SMILES string of the molecule is C=CC1C(OC2OC(CO)C(O)C(O)C2O)OC=C(C(=O)OC2CCCC2)C1C=CC1=C[NH+](CCO)CC(C(=O)O)=C1NC(N)=NCCCO. The van der Waals surface area contributed by atoms with Gasteiger partial charge in [-0.3, -0.25) is 4.99 Å². The minimum Gasteiger partial charge on any atom is -0.478 e. The molecule has 9 atom stereocenters. The molecule has 9 unspecified atom stereocenters. The fraction of sp³-hybridized carbons (Fsp3) is 0.606. The van der Waals surface area contributed by atoms with Gasteiger partial charge in [0.25, 0.3) is 0 Å². The van der Waals surface area contributed by atoms with Crippen molar-refractivity contribution in [2.24, 2.45) is 22.6 Å². The van der Waals surface area contributed by atoms with Gasteiger partial charge in [-0.05, 0) is 32.1 Å². The van der Waals surface area contributed by atoms with Gasteiger partial charge in [0, 0.05) is 19.1 Å². The Balaban J connectivity index is 1.71. The summed E-state index contributed by atoms with van der Waals surface area (Å²) in [5.41, 5.74) is 6.62. The summed E-state index contributed by atoms with van der Waals surface area (Å²) >= 11 is 0. The van der Waals surface area contributed by atoms with Gasteiger partial charge in [0.2, 0.25) is 6.29 Å². The standard InChI is InChI=1S/C33H48N4O13/c1-2-20-21(9-8-18-14-37(11-13-39)15-22(29(44)45)25(18)36-33(34)35-10-5-12-38)23(30(46)48-19-6-3-4-7-19)17-47-31(20)50-32-28(43)27(42)26(41)24(16-40)49-32/h2,8-9,14,17,19-21,24,26-28,31-32,38-43H,1,3-7,10-13,15-16H2,(H,44,45)(H3,34,35,36)/p+1. The van der Waals surface area contributed by atoms with Crippen LogP contribution >= 0.6 is 0 Å². The molecule has 3 heterocycles. The number of nitrogens with zero attached hydrogens (tertiary/aromatic N) is 1. The molecular formula is C33H49N4O13+. The molecule has 3 aliphatic heterocycles.